The van der Waals surface area contributed by atoms with Crippen molar-refractivity contribution >= 4 is 41.1 Å². The lowest BCUT2D eigenvalue weighted by Gasteiger charge is -2.39. The standard InChI is InChI=1S/C25H21Cl2NO2S/c26-17-10-11-20(22(27)16-17)23-19-8-4-5-9-21(19)25(31-23)12-14-28(15-13-25)24(29)30-18-6-2-1-3-7-18/h1-11,16,23H,12-15H2. The fourth-order valence-electron chi connectivity index (χ4n) is 4.53. The van der Waals surface area contributed by atoms with E-state index in [0.717, 1.165) is 18.4 Å². The molecule has 2 aliphatic rings. The van der Waals surface area contributed by atoms with Gasteiger partial charge >= 0.3 is 6.09 Å². The van der Waals surface area contributed by atoms with Crippen LogP contribution in [0.15, 0.2) is 72.8 Å². The molecule has 31 heavy (non-hydrogen) atoms. The molecular weight excluding hydrogens is 449 g/mol. The van der Waals surface area contributed by atoms with Crippen LogP contribution in [0.1, 0.15) is 34.8 Å². The number of halogens is 2. The Balaban J connectivity index is 1.37. The zero-order valence-electron chi connectivity index (χ0n) is 16.8. The van der Waals surface area contributed by atoms with Crippen LogP contribution in [-0.2, 0) is 4.75 Å². The molecule has 3 aromatic rings. The van der Waals surface area contributed by atoms with Gasteiger partial charge in [0.1, 0.15) is 5.75 Å². The van der Waals surface area contributed by atoms with Crippen LogP contribution in [0.25, 0.3) is 0 Å². The van der Waals surface area contributed by atoms with E-state index in [1.54, 1.807) is 12.1 Å². The van der Waals surface area contributed by atoms with Gasteiger partial charge in [0.05, 0.1) is 5.25 Å². The van der Waals surface area contributed by atoms with Gasteiger partial charge in [0.15, 0.2) is 0 Å². The monoisotopic (exact) mass is 469 g/mol. The number of fused-ring (bicyclic) bond motifs is 2. The molecule has 0 aromatic heterocycles. The highest BCUT2D eigenvalue weighted by Crippen LogP contribution is 2.62. The van der Waals surface area contributed by atoms with Crippen molar-refractivity contribution in [3.8, 4) is 5.75 Å². The highest BCUT2D eigenvalue weighted by Gasteiger charge is 2.47. The van der Waals surface area contributed by atoms with E-state index in [-0.39, 0.29) is 16.1 Å². The van der Waals surface area contributed by atoms with Gasteiger partial charge < -0.3 is 9.64 Å². The molecule has 1 atom stereocenters. The van der Waals surface area contributed by atoms with Crippen molar-refractivity contribution < 1.29 is 9.53 Å². The molecule has 0 N–H and O–H groups in total. The first-order chi connectivity index (χ1) is 15.1. The van der Waals surface area contributed by atoms with Gasteiger partial charge in [-0.1, -0.05) is 71.7 Å². The van der Waals surface area contributed by atoms with E-state index in [9.17, 15) is 4.79 Å². The highest BCUT2D eigenvalue weighted by molar-refractivity contribution is 8.01. The summed E-state index contributed by atoms with van der Waals surface area (Å²) < 4.78 is 5.51. The first-order valence-corrected chi connectivity index (χ1v) is 11.9. The third-order valence-electron chi connectivity index (χ3n) is 6.10. The molecule has 1 spiro atoms. The van der Waals surface area contributed by atoms with Crippen LogP contribution in [0.3, 0.4) is 0 Å². The summed E-state index contributed by atoms with van der Waals surface area (Å²) in [5.74, 6) is 0.575. The Morgan fingerprint density at radius 3 is 2.39 bits per heavy atom. The van der Waals surface area contributed by atoms with Crippen molar-refractivity contribution in [3.63, 3.8) is 0 Å². The lowest BCUT2D eigenvalue weighted by molar-refractivity contribution is 0.135. The second-order valence-corrected chi connectivity index (χ2v) is 10.2. The molecule has 158 valence electrons. The summed E-state index contributed by atoms with van der Waals surface area (Å²) in [7, 11) is 0. The second kappa shape index (κ2) is 8.42. The quantitative estimate of drug-likeness (QED) is 0.393. The minimum absolute atomic E-state index is 0.0340. The summed E-state index contributed by atoms with van der Waals surface area (Å²) in [5.41, 5.74) is 3.75. The van der Waals surface area contributed by atoms with E-state index in [0.29, 0.717) is 28.9 Å². The van der Waals surface area contributed by atoms with Crippen molar-refractivity contribution in [2.24, 2.45) is 0 Å². The van der Waals surface area contributed by atoms with Crippen LogP contribution in [-0.4, -0.2) is 24.1 Å². The number of likely N-dealkylation sites (tertiary alicyclic amines) is 1. The molecule has 6 heteroatoms. The maximum Gasteiger partial charge on any atom is 0.415 e. The topological polar surface area (TPSA) is 29.5 Å². The number of thioether (sulfide) groups is 1. The minimum Gasteiger partial charge on any atom is -0.410 e. The molecular formula is C25H21Cl2NO2S. The van der Waals surface area contributed by atoms with E-state index >= 15 is 0 Å². The molecule has 0 aliphatic carbocycles. The van der Waals surface area contributed by atoms with Crippen LogP contribution < -0.4 is 4.74 Å². The van der Waals surface area contributed by atoms with E-state index < -0.39 is 0 Å². The smallest absolute Gasteiger partial charge is 0.410 e. The van der Waals surface area contributed by atoms with Gasteiger partial charge in [-0.25, -0.2) is 4.79 Å². The van der Waals surface area contributed by atoms with Crippen LogP contribution in [0.4, 0.5) is 4.79 Å². The minimum atomic E-state index is -0.283. The van der Waals surface area contributed by atoms with Crippen LogP contribution in [0.5, 0.6) is 5.75 Å². The average molecular weight is 470 g/mol. The van der Waals surface area contributed by atoms with Crippen molar-refractivity contribution in [2.75, 3.05) is 13.1 Å². The molecule has 1 fully saturated rings. The van der Waals surface area contributed by atoms with Gasteiger partial charge in [0.25, 0.3) is 0 Å². The maximum absolute atomic E-state index is 12.6. The Kier molecular flexibility index (Phi) is 5.63. The number of piperidine rings is 1. The van der Waals surface area contributed by atoms with Gasteiger partial charge in [-0.15, -0.1) is 11.8 Å². The fourth-order valence-corrected chi connectivity index (χ4v) is 6.96. The van der Waals surface area contributed by atoms with Crippen molar-refractivity contribution in [2.45, 2.75) is 22.8 Å². The molecule has 0 saturated carbocycles. The Morgan fingerprint density at radius 1 is 0.935 bits per heavy atom. The normalized spacial score (nSPS) is 19.3. The van der Waals surface area contributed by atoms with Crippen molar-refractivity contribution in [3.05, 3.63) is 99.5 Å². The maximum atomic E-state index is 12.6. The van der Waals surface area contributed by atoms with Crippen molar-refractivity contribution in [1.82, 2.24) is 4.90 Å². The zero-order valence-corrected chi connectivity index (χ0v) is 19.1. The molecule has 1 saturated heterocycles. The number of hydrogen-bond donors (Lipinski definition) is 0. The zero-order chi connectivity index (χ0) is 21.4. The lowest BCUT2D eigenvalue weighted by Crippen LogP contribution is -2.44. The Labute approximate surface area is 196 Å². The number of ether oxygens (including phenoxy) is 1. The molecule has 3 aromatic carbocycles. The second-order valence-electron chi connectivity index (χ2n) is 7.91. The number of para-hydroxylation sites is 1. The number of rotatable bonds is 2. The lowest BCUT2D eigenvalue weighted by atomic mass is 9.84. The number of hydrogen-bond acceptors (Lipinski definition) is 3. The number of carbonyl (C=O) groups excluding carboxylic acids is 1. The Bertz CT molecular complexity index is 1110. The van der Waals surface area contributed by atoms with Crippen molar-refractivity contribution in [1.29, 1.82) is 0 Å². The molecule has 5 rings (SSSR count). The summed E-state index contributed by atoms with van der Waals surface area (Å²) >= 11 is 14.7. The predicted molar refractivity (Wildman–Crippen MR) is 127 cm³/mol. The molecule has 0 radical (unpaired) electrons. The number of amides is 1. The summed E-state index contributed by atoms with van der Waals surface area (Å²) in [6.07, 6.45) is 1.47. The fraction of sp³-hybridized carbons (Fsp3) is 0.240. The first kappa shape index (κ1) is 20.7. The van der Waals surface area contributed by atoms with E-state index in [1.807, 2.05) is 53.1 Å². The van der Waals surface area contributed by atoms with Crippen LogP contribution in [0.2, 0.25) is 10.0 Å². The first-order valence-electron chi connectivity index (χ1n) is 10.3. The summed E-state index contributed by atoms with van der Waals surface area (Å²) in [6, 6.07) is 23.6. The van der Waals surface area contributed by atoms with Gasteiger partial charge in [0.2, 0.25) is 0 Å². The highest BCUT2D eigenvalue weighted by atomic mass is 35.5. The SMILES string of the molecule is O=C(Oc1ccccc1)N1CCC2(CC1)SC(c1ccc(Cl)cc1Cl)c1ccccc12. The molecule has 1 unspecified atom stereocenters. The van der Waals surface area contributed by atoms with Gasteiger partial charge in [-0.3, -0.25) is 0 Å². The summed E-state index contributed by atoms with van der Waals surface area (Å²) in [6.45, 7) is 1.32. The van der Waals surface area contributed by atoms with E-state index in [2.05, 4.69) is 24.3 Å². The molecule has 3 nitrogen and oxygen atoms in total. The summed E-state index contributed by atoms with van der Waals surface area (Å²) in [5, 5.41) is 1.49. The number of carbonyl (C=O) groups is 1. The molecule has 1 amide bonds. The number of nitrogens with zero attached hydrogens (tertiary/aromatic N) is 1. The van der Waals surface area contributed by atoms with Gasteiger partial charge in [0, 0.05) is 27.9 Å². The molecule has 2 aliphatic heterocycles. The average Bonchev–Trinajstić information content (AvgIpc) is 3.09. The third-order valence-corrected chi connectivity index (χ3v) is 8.49. The van der Waals surface area contributed by atoms with Crippen LogP contribution >= 0.6 is 35.0 Å². The Morgan fingerprint density at radius 2 is 1.65 bits per heavy atom. The van der Waals surface area contributed by atoms with E-state index in [4.69, 9.17) is 27.9 Å². The van der Waals surface area contributed by atoms with Crippen LogP contribution in [0, 0.1) is 0 Å². The molecule has 0 bridgehead atoms. The predicted octanol–water partition coefficient (Wildman–Crippen LogP) is 7.32. The Hall–Kier alpha value is -2.14. The van der Waals surface area contributed by atoms with E-state index in [1.165, 1.54) is 11.1 Å². The summed E-state index contributed by atoms with van der Waals surface area (Å²) in [4.78, 5) is 14.5. The number of benzene rings is 3. The van der Waals surface area contributed by atoms with Gasteiger partial charge in [-0.05, 0) is 53.8 Å². The molecule has 2 heterocycles. The third kappa shape index (κ3) is 3.93. The van der Waals surface area contributed by atoms with Gasteiger partial charge in [-0.2, -0.15) is 0 Å². The largest absolute Gasteiger partial charge is 0.415 e.